The van der Waals surface area contributed by atoms with Crippen LogP contribution in [-0.4, -0.2) is 40.6 Å². The first-order valence-corrected chi connectivity index (χ1v) is 9.10. The van der Waals surface area contributed by atoms with Crippen molar-refractivity contribution in [3.05, 3.63) is 57.0 Å². The number of carbonyl (C=O) groups excluding carboxylic acids is 1. The molecular weight excluding hydrogens is 350 g/mol. The van der Waals surface area contributed by atoms with E-state index in [0.29, 0.717) is 33.8 Å². The molecule has 0 saturated carbocycles. The van der Waals surface area contributed by atoms with Crippen molar-refractivity contribution in [2.75, 3.05) is 20.2 Å². The van der Waals surface area contributed by atoms with Crippen LogP contribution >= 0.6 is 11.3 Å². The summed E-state index contributed by atoms with van der Waals surface area (Å²) in [7, 11) is 3.39. The first-order valence-electron chi connectivity index (χ1n) is 8.28. The highest BCUT2D eigenvalue weighted by atomic mass is 32.1. The van der Waals surface area contributed by atoms with Gasteiger partial charge in [0.15, 0.2) is 0 Å². The number of hydrogen-bond acceptors (Lipinski definition) is 5. The quantitative estimate of drug-likeness (QED) is 0.692. The molecule has 0 atom stereocenters. The Morgan fingerprint density at radius 1 is 1.27 bits per heavy atom. The van der Waals surface area contributed by atoms with Crippen molar-refractivity contribution in [2.45, 2.75) is 13.8 Å². The Morgan fingerprint density at radius 2 is 1.96 bits per heavy atom. The molecule has 26 heavy (non-hydrogen) atoms. The maximum absolute atomic E-state index is 12.8. The number of rotatable bonds is 5. The predicted molar refractivity (Wildman–Crippen MR) is 103 cm³/mol. The summed E-state index contributed by atoms with van der Waals surface area (Å²) in [4.78, 5) is 32.1. The summed E-state index contributed by atoms with van der Waals surface area (Å²) in [6.45, 7) is 4.67. The van der Waals surface area contributed by atoms with Crippen molar-refractivity contribution in [2.24, 2.45) is 7.05 Å². The van der Waals surface area contributed by atoms with Crippen molar-refractivity contribution < 1.29 is 9.53 Å². The average Bonchev–Trinajstić information content (AvgIpc) is 2.96. The zero-order chi connectivity index (χ0) is 18.8. The fourth-order valence-corrected chi connectivity index (χ4v) is 3.76. The smallest absolute Gasteiger partial charge is 0.264 e. The SMILES string of the molecule is Cc1ccc(OCCN(C)C(=O)c2sc3ncn(C)c(=O)c3c2C)cc1. The highest BCUT2D eigenvalue weighted by Gasteiger charge is 2.21. The number of aromatic nitrogens is 2. The van der Waals surface area contributed by atoms with Gasteiger partial charge in [0.25, 0.3) is 11.5 Å². The molecule has 0 aliphatic carbocycles. The largest absolute Gasteiger partial charge is 0.492 e. The number of likely N-dealkylation sites (N-methyl/N-ethyl adjacent to an activating group) is 1. The number of benzene rings is 1. The van der Waals surface area contributed by atoms with Gasteiger partial charge < -0.3 is 14.2 Å². The van der Waals surface area contributed by atoms with Crippen LogP contribution in [0.2, 0.25) is 0 Å². The molecule has 7 heteroatoms. The minimum absolute atomic E-state index is 0.125. The summed E-state index contributed by atoms with van der Waals surface area (Å²) < 4.78 is 7.11. The fourth-order valence-electron chi connectivity index (χ4n) is 2.62. The maximum atomic E-state index is 12.8. The topological polar surface area (TPSA) is 64.4 Å². The molecule has 1 amide bonds. The van der Waals surface area contributed by atoms with Gasteiger partial charge in [-0.3, -0.25) is 9.59 Å². The monoisotopic (exact) mass is 371 g/mol. The fraction of sp³-hybridized carbons (Fsp3) is 0.316. The lowest BCUT2D eigenvalue weighted by Gasteiger charge is -2.17. The van der Waals surface area contributed by atoms with Gasteiger partial charge in [0.2, 0.25) is 0 Å². The number of amides is 1. The molecule has 0 radical (unpaired) electrons. The van der Waals surface area contributed by atoms with Gasteiger partial charge in [0.1, 0.15) is 17.2 Å². The van der Waals surface area contributed by atoms with E-state index in [1.54, 1.807) is 25.9 Å². The van der Waals surface area contributed by atoms with E-state index in [1.165, 1.54) is 27.8 Å². The zero-order valence-corrected chi connectivity index (χ0v) is 16.1. The second kappa shape index (κ2) is 7.29. The molecule has 0 unspecified atom stereocenters. The molecule has 2 heterocycles. The summed E-state index contributed by atoms with van der Waals surface area (Å²) in [6, 6.07) is 7.79. The van der Waals surface area contributed by atoms with Gasteiger partial charge in [0.05, 0.1) is 23.1 Å². The molecule has 0 bridgehead atoms. The van der Waals surface area contributed by atoms with E-state index in [0.717, 1.165) is 5.75 Å². The lowest BCUT2D eigenvalue weighted by atomic mass is 10.2. The van der Waals surface area contributed by atoms with Crippen LogP contribution in [0.15, 0.2) is 35.4 Å². The second-order valence-corrected chi connectivity index (χ2v) is 7.28. The molecule has 3 rings (SSSR count). The molecule has 3 aromatic rings. The molecule has 0 saturated heterocycles. The van der Waals surface area contributed by atoms with Crippen LogP contribution in [0.3, 0.4) is 0 Å². The highest BCUT2D eigenvalue weighted by Crippen LogP contribution is 2.27. The lowest BCUT2D eigenvalue weighted by molar-refractivity contribution is 0.0778. The number of carbonyl (C=O) groups is 1. The standard InChI is InChI=1S/C19H21N3O3S/c1-12-5-7-14(8-6-12)25-10-9-21(3)19(24)16-13(2)15-17(26-16)20-11-22(4)18(15)23/h5-8,11H,9-10H2,1-4H3. The molecule has 0 aliphatic heterocycles. The van der Waals surface area contributed by atoms with Crippen LogP contribution < -0.4 is 10.3 Å². The van der Waals surface area contributed by atoms with Gasteiger partial charge >= 0.3 is 0 Å². The van der Waals surface area contributed by atoms with Crippen LogP contribution in [0.5, 0.6) is 5.75 Å². The highest BCUT2D eigenvalue weighted by molar-refractivity contribution is 7.20. The molecule has 0 aliphatic rings. The van der Waals surface area contributed by atoms with Crippen LogP contribution in [0.25, 0.3) is 10.2 Å². The van der Waals surface area contributed by atoms with Gasteiger partial charge in [-0.1, -0.05) is 17.7 Å². The van der Waals surface area contributed by atoms with E-state index >= 15 is 0 Å². The van der Waals surface area contributed by atoms with Crippen molar-refractivity contribution >= 4 is 27.5 Å². The van der Waals surface area contributed by atoms with Crippen LogP contribution in [-0.2, 0) is 7.05 Å². The third-order valence-corrected chi connectivity index (χ3v) is 5.46. The summed E-state index contributed by atoms with van der Waals surface area (Å²) in [5.41, 5.74) is 1.73. The normalized spacial score (nSPS) is 10.9. The van der Waals surface area contributed by atoms with Crippen LogP contribution in [0.1, 0.15) is 20.8 Å². The second-order valence-electron chi connectivity index (χ2n) is 6.29. The number of aryl methyl sites for hydroxylation is 3. The lowest BCUT2D eigenvalue weighted by Crippen LogP contribution is -2.30. The number of nitrogens with zero attached hydrogens (tertiary/aromatic N) is 3. The molecule has 0 fully saturated rings. The first kappa shape index (κ1) is 18.1. The van der Waals surface area contributed by atoms with Gasteiger partial charge in [-0.25, -0.2) is 4.98 Å². The number of fused-ring (bicyclic) bond motifs is 1. The van der Waals surface area contributed by atoms with E-state index in [4.69, 9.17) is 4.74 Å². The molecule has 136 valence electrons. The third-order valence-electron chi connectivity index (χ3n) is 4.27. The van der Waals surface area contributed by atoms with Crippen molar-refractivity contribution in [3.8, 4) is 5.75 Å². The Hall–Kier alpha value is -2.67. The molecule has 0 spiro atoms. The zero-order valence-electron chi connectivity index (χ0n) is 15.3. The Kier molecular flexibility index (Phi) is 5.08. The number of thiophene rings is 1. The van der Waals surface area contributed by atoms with E-state index < -0.39 is 0 Å². The van der Waals surface area contributed by atoms with E-state index in [9.17, 15) is 9.59 Å². The van der Waals surface area contributed by atoms with Gasteiger partial charge in [-0.15, -0.1) is 11.3 Å². The molecule has 2 aromatic heterocycles. The third kappa shape index (κ3) is 3.48. The van der Waals surface area contributed by atoms with Gasteiger partial charge in [-0.2, -0.15) is 0 Å². The Morgan fingerprint density at radius 3 is 2.65 bits per heavy atom. The van der Waals surface area contributed by atoms with Crippen molar-refractivity contribution in [1.29, 1.82) is 0 Å². The van der Waals surface area contributed by atoms with Gasteiger partial charge in [-0.05, 0) is 31.5 Å². The Bertz CT molecular complexity index is 1010. The Balaban J connectivity index is 1.71. The summed E-state index contributed by atoms with van der Waals surface area (Å²) in [5, 5.41) is 0.521. The number of ether oxygens (including phenoxy) is 1. The molecule has 1 aromatic carbocycles. The minimum Gasteiger partial charge on any atom is -0.492 e. The molecule has 6 nitrogen and oxygen atoms in total. The van der Waals surface area contributed by atoms with Crippen LogP contribution in [0, 0.1) is 13.8 Å². The number of hydrogen-bond donors (Lipinski definition) is 0. The summed E-state index contributed by atoms with van der Waals surface area (Å²) >= 11 is 1.26. The van der Waals surface area contributed by atoms with E-state index in [2.05, 4.69) is 4.98 Å². The maximum Gasteiger partial charge on any atom is 0.264 e. The minimum atomic E-state index is -0.131. The molecule has 0 N–H and O–H groups in total. The Labute approximate surface area is 155 Å². The predicted octanol–water partition coefficient (Wildman–Crippen LogP) is 2.76. The molecular formula is C19H21N3O3S. The first-order chi connectivity index (χ1) is 12.4. The van der Waals surface area contributed by atoms with E-state index in [-0.39, 0.29) is 11.5 Å². The van der Waals surface area contributed by atoms with Gasteiger partial charge in [0, 0.05) is 14.1 Å². The van der Waals surface area contributed by atoms with Crippen molar-refractivity contribution in [3.63, 3.8) is 0 Å². The summed E-state index contributed by atoms with van der Waals surface area (Å²) in [6.07, 6.45) is 1.48. The van der Waals surface area contributed by atoms with E-state index in [1.807, 2.05) is 31.2 Å². The average molecular weight is 371 g/mol. The van der Waals surface area contributed by atoms with Crippen molar-refractivity contribution in [1.82, 2.24) is 14.5 Å². The summed E-state index contributed by atoms with van der Waals surface area (Å²) in [5.74, 6) is 0.655. The van der Waals surface area contributed by atoms with Crippen LogP contribution in [0.4, 0.5) is 0 Å².